The van der Waals surface area contributed by atoms with Crippen LogP contribution in [0.4, 0.5) is 0 Å². The molecule has 0 bridgehead atoms. The number of aldehydes is 1. The second kappa shape index (κ2) is 5.20. The lowest BCUT2D eigenvalue weighted by Gasteiger charge is -2.15. The van der Waals surface area contributed by atoms with Gasteiger partial charge in [0, 0.05) is 4.88 Å². The molecule has 0 aliphatic heterocycles. The molecule has 88 valence electrons. The van der Waals surface area contributed by atoms with Gasteiger partial charge in [0.05, 0.1) is 17.4 Å². The number of aliphatic hydroxyl groups is 2. The number of carboxylic acid groups (broad SMARTS) is 1. The van der Waals surface area contributed by atoms with E-state index in [1.807, 2.05) is 0 Å². The van der Waals surface area contributed by atoms with Crippen LogP contribution in [0.15, 0.2) is 6.07 Å². The van der Waals surface area contributed by atoms with E-state index in [1.54, 1.807) is 13.0 Å². The summed E-state index contributed by atoms with van der Waals surface area (Å²) in [5.41, 5.74) is 0.670. The van der Waals surface area contributed by atoms with E-state index >= 15 is 0 Å². The minimum absolute atomic E-state index is 0.427. The third-order valence-corrected chi connectivity index (χ3v) is 3.34. The maximum atomic E-state index is 10.5. The summed E-state index contributed by atoms with van der Waals surface area (Å²) in [5, 5.41) is 27.6. The second-order valence-electron chi connectivity index (χ2n) is 3.42. The highest BCUT2D eigenvalue weighted by Gasteiger charge is 2.24. The minimum atomic E-state index is -1.37. The molecule has 0 saturated carbocycles. The summed E-state index contributed by atoms with van der Waals surface area (Å²) in [7, 11) is 0. The smallest absolute Gasteiger partial charge is 0.306 e. The molecule has 5 nitrogen and oxygen atoms in total. The van der Waals surface area contributed by atoms with Crippen molar-refractivity contribution in [3.05, 3.63) is 21.4 Å². The van der Waals surface area contributed by atoms with Crippen LogP contribution in [-0.4, -0.2) is 33.7 Å². The molecule has 0 aliphatic carbocycles. The number of carboxylic acids is 1. The lowest BCUT2D eigenvalue weighted by Crippen LogP contribution is -2.21. The van der Waals surface area contributed by atoms with Crippen molar-refractivity contribution in [2.75, 3.05) is 0 Å². The Hall–Kier alpha value is -1.24. The van der Waals surface area contributed by atoms with Gasteiger partial charge in [0.15, 0.2) is 6.29 Å². The molecular formula is C10H12O5S. The predicted octanol–water partition coefficient (Wildman–Crippen LogP) is 0.738. The van der Waals surface area contributed by atoms with Crippen molar-refractivity contribution < 1.29 is 24.9 Å². The molecule has 0 saturated heterocycles. The van der Waals surface area contributed by atoms with Gasteiger partial charge in [0.1, 0.15) is 6.10 Å². The monoisotopic (exact) mass is 244 g/mol. The first-order valence-electron chi connectivity index (χ1n) is 4.59. The van der Waals surface area contributed by atoms with Crippen LogP contribution in [0, 0.1) is 6.92 Å². The summed E-state index contributed by atoms with van der Waals surface area (Å²) < 4.78 is 0. The molecular weight excluding hydrogens is 232 g/mol. The van der Waals surface area contributed by atoms with Gasteiger partial charge in [-0.1, -0.05) is 0 Å². The summed E-state index contributed by atoms with van der Waals surface area (Å²) in [5.74, 6) is -1.18. The highest BCUT2D eigenvalue weighted by molar-refractivity contribution is 7.13. The number of aliphatic hydroxyl groups excluding tert-OH is 2. The lowest BCUT2D eigenvalue weighted by atomic mass is 10.1. The largest absolute Gasteiger partial charge is 0.481 e. The van der Waals surface area contributed by atoms with Gasteiger partial charge < -0.3 is 15.3 Å². The molecule has 0 radical (unpaired) electrons. The van der Waals surface area contributed by atoms with Crippen molar-refractivity contribution in [1.82, 2.24) is 0 Å². The van der Waals surface area contributed by atoms with Gasteiger partial charge in [-0.15, -0.1) is 11.3 Å². The lowest BCUT2D eigenvalue weighted by molar-refractivity contribution is -0.141. The van der Waals surface area contributed by atoms with E-state index in [-0.39, 0.29) is 0 Å². The van der Waals surface area contributed by atoms with E-state index in [0.717, 1.165) is 11.3 Å². The van der Waals surface area contributed by atoms with Gasteiger partial charge in [-0.2, -0.15) is 0 Å². The van der Waals surface area contributed by atoms with E-state index in [2.05, 4.69) is 0 Å². The summed E-state index contributed by atoms with van der Waals surface area (Å²) in [4.78, 5) is 21.7. The highest BCUT2D eigenvalue weighted by Crippen LogP contribution is 2.29. The summed E-state index contributed by atoms with van der Waals surface area (Å²) in [6.07, 6.45) is -2.52. The van der Waals surface area contributed by atoms with Gasteiger partial charge in [0.2, 0.25) is 0 Å². The number of carbonyl (C=O) groups excluding carboxylic acids is 1. The van der Waals surface area contributed by atoms with Gasteiger partial charge in [-0.25, -0.2) is 0 Å². The first-order chi connectivity index (χ1) is 7.45. The average molecular weight is 244 g/mol. The fourth-order valence-corrected chi connectivity index (χ4v) is 2.37. The molecule has 2 atom stereocenters. The SMILES string of the molecule is Cc1cc(C=O)sc1C(O)C(O)CC(=O)O. The number of aryl methyl sites for hydroxylation is 1. The number of carbonyl (C=O) groups is 2. The molecule has 1 aromatic heterocycles. The molecule has 1 heterocycles. The topological polar surface area (TPSA) is 94.8 Å². The predicted molar refractivity (Wildman–Crippen MR) is 57.7 cm³/mol. The Kier molecular flexibility index (Phi) is 4.17. The zero-order valence-corrected chi connectivity index (χ0v) is 9.40. The molecule has 6 heteroatoms. The Morgan fingerprint density at radius 2 is 2.19 bits per heavy atom. The molecule has 1 rings (SSSR count). The number of rotatable bonds is 5. The highest BCUT2D eigenvalue weighted by atomic mass is 32.1. The van der Waals surface area contributed by atoms with Crippen molar-refractivity contribution >= 4 is 23.6 Å². The molecule has 16 heavy (non-hydrogen) atoms. The Labute approximate surface area is 96.0 Å². The van der Waals surface area contributed by atoms with Gasteiger partial charge in [-0.05, 0) is 18.6 Å². The molecule has 2 unspecified atom stereocenters. The molecule has 0 aromatic carbocycles. The minimum Gasteiger partial charge on any atom is -0.481 e. The molecule has 0 amide bonds. The quantitative estimate of drug-likeness (QED) is 0.664. The van der Waals surface area contributed by atoms with E-state index in [1.165, 1.54) is 0 Å². The van der Waals surface area contributed by atoms with Crippen molar-refractivity contribution in [3.63, 3.8) is 0 Å². The van der Waals surface area contributed by atoms with Crippen LogP contribution in [0.5, 0.6) is 0 Å². The Bertz CT molecular complexity index is 398. The van der Waals surface area contributed by atoms with Crippen LogP contribution in [0.3, 0.4) is 0 Å². The van der Waals surface area contributed by atoms with Crippen molar-refractivity contribution in [3.8, 4) is 0 Å². The third-order valence-electron chi connectivity index (χ3n) is 2.11. The molecule has 0 aliphatic rings. The van der Waals surface area contributed by atoms with Gasteiger partial charge in [-0.3, -0.25) is 9.59 Å². The summed E-state index contributed by atoms with van der Waals surface area (Å²) in [6.45, 7) is 1.69. The number of hydrogen-bond donors (Lipinski definition) is 3. The van der Waals surface area contributed by atoms with E-state index in [4.69, 9.17) is 5.11 Å². The van der Waals surface area contributed by atoms with E-state index in [9.17, 15) is 19.8 Å². The van der Waals surface area contributed by atoms with Gasteiger partial charge >= 0.3 is 5.97 Å². The molecule has 0 fully saturated rings. The van der Waals surface area contributed by atoms with Gasteiger partial charge in [0.25, 0.3) is 0 Å². The fraction of sp³-hybridized carbons (Fsp3) is 0.400. The summed E-state index contributed by atoms with van der Waals surface area (Å²) >= 11 is 1.05. The number of hydrogen-bond acceptors (Lipinski definition) is 5. The first-order valence-corrected chi connectivity index (χ1v) is 5.40. The van der Waals surface area contributed by atoms with E-state index < -0.39 is 24.6 Å². The number of thiophene rings is 1. The maximum Gasteiger partial charge on any atom is 0.306 e. The number of aliphatic carboxylic acids is 1. The Morgan fingerprint density at radius 1 is 1.56 bits per heavy atom. The van der Waals surface area contributed by atoms with Crippen molar-refractivity contribution in [1.29, 1.82) is 0 Å². The standard InChI is InChI=1S/C10H12O5S/c1-5-2-6(4-11)16-10(5)9(15)7(12)3-8(13)14/h2,4,7,9,12,15H,3H2,1H3,(H,13,14). The second-order valence-corrected chi connectivity index (χ2v) is 4.54. The molecule has 0 spiro atoms. The zero-order valence-electron chi connectivity index (χ0n) is 8.58. The Morgan fingerprint density at radius 3 is 2.62 bits per heavy atom. The fourth-order valence-electron chi connectivity index (χ4n) is 1.34. The van der Waals surface area contributed by atoms with Crippen LogP contribution < -0.4 is 0 Å². The molecule has 3 N–H and O–H groups in total. The maximum absolute atomic E-state index is 10.5. The van der Waals surface area contributed by atoms with Crippen LogP contribution >= 0.6 is 11.3 Å². The Balaban J connectivity index is 2.86. The van der Waals surface area contributed by atoms with Crippen LogP contribution in [-0.2, 0) is 4.79 Å². The summed E-state index contributed by atoms with van der Waals surface area (Å²) in [6, 6.07) is 1.59. The van der Waals surface area contributed by atoms with Crippen LogP contribution in [0.25, 0.3) is 0 Å². The van der Waals surface area contributed by atoms with E-state index in [0.29, 0.717) is 21.6 Å². The first kappa shape index (κ1) is 12.8. The third kappa shape index (κ3) is 2.88. The zero-order chi connectivity index (χ0) is 12.3. The normalized spacial score (nSPS) is 14.4. The van der Waals surface area contributed by atoms with Crippen molar-refractivity contribution in [2.45, 2.75) is 25.6 Å². The van der Waals surface area contributed by atoms with Crippen LogP contribution in [0.1, 0.15) is 32.6 Å². The average Bonchev–Trinajstić information content (AvgIpc) is 2.57. The van der Waals surface area contributed by atoms with Crippen LogP contribution in [0.2, 0.25) is 0 Å². The molecule has 1 aromatic rings. The van der Waals surface area contributed by atoms with Crippen molar-refractivity contribution in [2.24, 2.45) is 0 Å².